The van der Waals surface area contributed by atoms with Gasteiger partial charge in [0, 0.05) is 44.5 Å². The molecular formula is C26H36N8O2. The lowest BCUT2D eigenvalue weighted by Gasteiger charge is -2.43. The summed E-state index contributed by atoms with van der Waals surface area (Å²) < 4.78 is 7.58. The number of carbonyl (C=O) groups is 1. The van der Waals surface area contributed by atoms with E-state index in [0.29, 0.717) is 36.9 Å². The molecule has 1 amide bonds. The van der Waals surface area contributed by atoms with E-state index in [0.717, 1.165) is 30.2 Å². The number of nitrogens with one attached hydrogen (secondary N) is 1. The average Bonchev–Trinajstić information content (AvgIpc) is 3.26. The summed E-state index contributed by atoms with van der Waals surface area (Å²) in [4.78, 5) is 33.8. The maximum atomic E-state index is 13.2. The minimum atomic E-state index is -0.563. The van der Waals surface area contributed by atoms with Crippen molar-refractivity contribution in [2.75, 3.05) is 50.1 Å². The van der Waals surface area contributed by atoms with E-state index in [-0.39, 0.29) is 11.8 Å². The van der Waals surface area contributed by atoms with Crippen molar-refractivity contribution in [2.24, 2.45) is 5.92 Å². The molecule has 2 fully saturated rings. The molecular weight excluding hydrogens is 456 g/mol. The first kappa shape index (κ1) is 24.3. The number of aromatic nitrogens is 4. The predicted molar refractivity (Wildman–Crippen MR) is 140 cm³/mol. The van der Waals surface area contributed by atoms with Crippen LogP contribution in [0.4, 0.5) is 11.8 Å². The third kappa shape index (κ3) is 4.34. The van der Waals surface area contributed by atoms with Crippen LogP contribution in [0.25, 0.3) is 5.65 Å². The molecule has 2 aliphatic heterocycles. The third-order valence-electron chi connectivity index (χ3n) is 7.63. The van der Waals surface area contributed by atoms with Crippen molar-refractivity contribution in [3.05, 3.63) is 42.5 Å². The largest absolute Gasteiger partial charge is 0.491 e. The molecule has 0 unspecified atom stereocenters. The molecule has 10 heteroatoms. The second kappa shape index (κ2) is 9.24. The minimum Gasteiger partial charge on any atom is -0.491 e. The second-order valence-corrected chi connectivity index (χ2v) is 10.6. The van der Waals surface area contributed by atoms with Crippen molar-refractivity contribution in [1.29, 1.82) is 0 Å². The number of imidazole rings is 1. The summed E-state index contributed by atoms with van der Waals surface area (Å²) in [5.74, 6) is 1.97. The standard InChI is InChI=1S/C26H36N8O2/c1-17-13-33(14-18(2)31(17)5)25-28-11-20(36-6)23(29-25)32-15-19(16-32)24(35)30-26(3,4)21-12-27-22-9-7-8-10-34(21)22/h7-12,17-19H,13-16H2,1-6H3,(H,30,35)/t17-,18-/m0/s1. The molecule has 36 heavy (non-hydrogen) atoms. The van der Waals surface area contributed by atoms with Gasteiger partial charge in [0.25, 0.3) is 0 Å². The molecule has 0 radical (unpaired) electrons. The first-order valence-electron chi connectivity index (χ1n) is 12.6. The van der Waals surface area contributed by atoms with Crippen molar-refractivity contribution in [2.45, 2.75) is 45.3 Å². The maximum Gasteiger partial charge on any atom is 0.227 e. The quantitative estimate of drug-likeness (QED) is 0.560. The highest BCUT2D eigenvalue weighted by molar-refractivity contribution is 5.83. The summed E-state index contributed by atoms with van der Waals surface area (Å²) >= 11 is 0. The Balaban J connectivity index is 1.27. The van der Waals surface area contributed by atoms with E-state index in [9.17, 15) is 4.79 Å². The molecule has 0 aliphatic carbocycles. The topological polar surface area (TPSA) is 91.1 Å². The molecule has 0 bridgehead atoms. The van der Waals surface area contributed by atoms with E-state index in [1.165, 1.54) is 0 Å². The fourth-order valence-corrected chi connectivity index (χ4v) is 5.13. The number of nitrogens with zero attached hydrogens (tertiary/aromatic N) is 7. The van der Waals surface area contributed by atoms with E-state index in [1.807, 2.05) is 48.8 Å². The smallest absolute Gasteiger partial charge is 0.227 e. The number of hydrogen-bond acceptors (Lipinski definition) is 8. The molecule has 0 saturated carbocycles. The van der Waals surface area contributed by atoms with E-state index in [4.69, 9.17) is 9.72 Å². The number of rotatable bonds is 6. The first-order chi connectivity index (χ1) is 17.2. The van der Waals surface area contributed by atoms with Crippen LogP contribution in [0.3, 0.4) is 0 Å². The molecule has 0 aromatic carbocycles. The van der Waals surface area contributed by atoms with Crippen LogP contribution < -0.4 is 19.9 Å². The van der Waals surface area contributed by atoms with Crippen molar-refractivity contribution < 1.29 is 9.53 Å². The lowest BCUT2D eigenvalue weighted by Crippen LogP contribution is -2.57. The Morgan fingerprint density at radius 3 is 2.47 bits per heavy atom. The average molecular weight is 493 g/mol. The van der Waals surface area contributed by atoms with Crippen molar-refractivity contribution in [3.63, 3.8) is 0 Å². The molecule has 3 aromatic heterocycles. The number of pyridine rings is 1. The van der Waals surface area contributed by atoms with E-state index < -0.39 is 5.54 Å². The number of methoxy groups -OCH3 is 1. The van der Waals surface area contributed by atoms with Gasteiger partial charge in [-0.25, -0.2) is 9.97 Å². The summed E-state index contributed by atoms with van der Waals surface area (Å²) in [5.41, 5.74) is 1.24. The lowest BCUT2D eigenvalue weighted by molar-refractivity contribution is -0.127. The van der Waals surface area contributed by atoms with Gasteiger partial charge in [-0.1, -0.05) is 6.07 Å². The highest BCUT2D eigenvalue weighted by Gasteiger charge is 2.38. The van der Waals surface area contributed by atoms with Gasteiger partial charge in [0.2, 0.25) is 11.9 Å². The number of anilines is 2. The Labute approximate surface area is 212 Å². The van der Waals surface area contributed by atoms with Crippen molar-refractivity contribution in [1.82, 2.24) is 29.6 Å². The summed E-state index contributed by atoms with van der Waals surface area (Å²) in [6.45, 7) is 11.4. The maximum absolute atomic E-state index is 13.2. The van der Waals surface area contributed by atoms with Crippen molar-refractivity contribution >= 4 is 23.3 Å². The summed E-state index contributed by atoms with van der Waals surface area (Å²) in [7, 11) is 3.79. The van der Waals surface area contributed by atoms with Crippen molar-refractivity contribution in [3.8, 4) is 5.75 Å². The highest BCUT2D eigenvalue weighted by atomic mass is 16.5. The number of likely N-dealkylation sites (N-methyl/N-ethyl adjacent to an activating group) is 1. The third-order valence-corrected chi connectivity index (χ3v) is 7.63. The molecule has 10 nitrogen and oxygen atoms in total. The minimum absolute atomic E-state index is 0.0251. The fourth-order valence-electron chi connectivity index (χ4n) is 5.13. The second-order valence-electron chi connectivity index (χ2n) is 10.6. The van der Waals surface area contributed by atoms with Gasteiger partial charge < -0.3 is 24.3 Å². The molecule has 0 spiro atoms. The number of ether oxygens (including phenoxy) is 1. The highest BCUT2D eigenvalue weighted by Crippen LogP contribution is 2.33. The SMILES string of the molecule is COc1cnc(N2C[C@H](C)N(C)[C@@H](C)C2)nc1N1CC(C(=O)NC(C)(C)c2cnc3ccccn23)C1. The Morgan fingerprint density at radius 1 is 1.06 bits per heavy atom. The van der Waals surface area contributed by atoms with Gasteiger partial charge in [-0.3, -0.25) is 9.69 Å². The van der Waals surface area contributed by atoms with Crippen LogP contribution in [-0.4, -0.2) is 82.6 Å². The van der Waals surface area contributed by atoms with Gasteiger partial charge in [0.05, 0.1) is 36.7 Å². The normalized spacial score (nSPS) is 21.5. The van der Waals surface area contributed by atoms with Crippen LogP contribution >= 0.6 is 0 Å². The van der Waals surface area contributed by atoms with Crippen LogP contribution in [0.15, 0.2) is 36.8 Å². The fraction of sp³-hybridized carbons (Fsp3) is 0.538. The van der Waals surface area contributed by atoms with Gasteiger partial charge in [-0.2, -0.15) is 4.98 Å². The van der Waals surface area contributed by atoms with Crippen LogP contribution in [-0.2, 0) is 10.3 Å². The molecule has 2 atom stereocenters. The molecule has 5 rings (SSSR count). The molecule has 5 heterocycles. The van der Waals surface area contributed by atoms with Gasteiger partial charge in [-0.15, -0.1) is 0 Å². The summed E-state index contributed by atoms with van der Waals surface area (Å²) in [6, 6.07) is 6.70. The number of amides is 1. The predicted octanol–water partition coefficient (Wildman–Crippen LogP) is 2.15. The zero-order valence-corrected chi connectivity index (χ0v) is 22.0. The lowest BCUT2D eigenvalue weighted by atomic mass is 9.95. The Morgan fingerprint density at radius 2 is 1.78 bits per heavy atom. The molecule has 2 saturated heterocycles. The zero-order chi connectivity index (χ0) is 25.6. The first-order valence-corrected chi connectivity index (χ1v) is 12.6. The number of fused-ring (bicyclic) bond motifs is 1. The van der Waals surface area contributed by atoms with Gasteiger partial charge in [0.1, 0.15) is 5.65 Å². The molecule has 192 valence electrons. The summed E-state index contributed by atoms with van der Waals surface area (Å²) in [5, 5.41) is 3.23. The van der Waals surface area contributed by atoms with E-state index >= 15 is 0 Å². The van der Waals surface area contributed by atoms with Gasteiger partial charge >= 0.3 is 0 Å². The van der Waals surface area contributed by atoms with E-state index in [1.54, 1.807) is 13.3 Å². The summed E-state index contributed by atoms with van der Waals surface area (Å²) in [6.07, 6.45) is 5.54. The number of piperazine rings is 1. The number of hydrogen-bond donors (Lipinski definition) is 1. The van der Waals surface area contributed by atoms with Crippen LogP contribution in [0.2, 0.25) is 0 Å². The molecule has 2 aliphatic rings. The van der Waals surface area contributed by atoms with Gasteiger partial charge in [-0.05, 0) is 46.9 Å². The zero-order valence-electron chi connectivity index (χ0n) is 22.0. The van der Waals surface area contributed by atoms with Crippen LogP contribution in [0.5, 0.6) is 5.75 Å². The molecule has 1 N–H and O–H groups in total. The van der Waals surface area contributed by atoms with Crippen LogP contribution in [0.1, 0.15) is 33.4 Å². The Hall–Kier alpha value is -3.40. The Bertz CT molecular complexity index is 1240. The van der Waals surface area contributed by atoms with E-state index in [2.05, 4.69) is 50.9 Å². The Kier molecular flexibility index (Phi) is 6.23. The van der Waals surface area contributed by atoms with Crippen LogP contribution in [0, 0.1) is 5.92 Å². The van der Waals surface area contributed by atoms with Gasteiger partial charge in [0.15, 0.2) is 11.6 Å². The monoisotopic (exact) mass is 492 g/mol. The number of carbonyl (C=O) groups excluding carboxylic acids is 1. The molecule has 3 aromatic rings.